The number of pyridine rings is 1. The van der Waals surface area contributed by atoms with Crippen molar-refractivity contribution in [2.75, 3.05) is 33.9 Å². The first-order valence-corrected chi connectivity index (χ1v) is 13.4. The highest BCUT2D eigenvalue weighted by Gasteiger charge is 2.43. The van der Waals surface area contributed by atoms with E-state index in [2.05, 4.69) is 27.0 Å². The molecule has 1 saturated carbocycles. The largest absolute Gasteiger partial charge is 0.466 e. The van der Waals surface area contributed by atoms with Crippen LogP contribution in [0.3, 0.4) is 0 Å². The maximum Gasteiger partial charge on any atom is 0.338 e. The number of benzene rings is 1. The van der Waals surface area contributed by atoms with Crippen LogP contribution in [0, 0.1) is 23.0 Å². The Labute approximate surface area is 241 Å². The molecule has 2 heterocycles. The van der Waals surface area contributed by atoms with Gasteiger partial charge < -0.3 is 25.4 Å². The minimum absolute atomic E-state index is 0.0119. The van der Waals surface area contributed by atoms with Crippen LogP contribution in [-0.2, 0) is 19.7 Å². The Balaban J connectivity index is 1.44. The predicted octanol–water partition coefficient (Wildman–Crippen LogP) is 3.20. The highest BCUT2D eigenvalue weighted by atomic mass is 19.2. The molecule has 0 bridgehead atoms. The zero-order chi connectivity index (χ0) is 30.3. The third-order valence-electron chi connectivity index (χ3n) is 7.55. The van der Waals surface area contributed by atoms with E-state index in [0.29, 0.717) is 19.4 Å². The van der Waals surface area contributed by atoms with Crippen LogP contribution in [0.15, 0.2) is 53.9 Å². The van der Waals surface area contributed by atoms with Crippen molar-refractivity contribution >= 4 is 18.0 Å². The van der Waals surface area contributed by atoms with E-state index < -0.39 is 41.1 Å². The molecule has 1 fully saturated rings. The van der Waals surface area contributed by atoms with Crippen molar-refractivity contribution in [2.45, 2.75) is 43.2 Å². The second kappa shape index (κ2) is 13.5. The summed E-state index contributed by atoms with van der Waals surface area (Å²) in [5, 5.41) is 18.4. The molecular weight excluding hydrogens is 550 g/mol. The van der Waals surface area contributed by atoms with E-state index in [-0.39, 0.29) is 36.0 Å². The molecule has 3 N–H and O–H groups in total. The SMILES string of the molecule is COCC1=C(C(=O)OC)C(c2ccc(F)c(F)c2)N(C(=O)NCCNC2CCC(C#N)(c3ccccn3)CC2)C(=O)N1. The number of methoxy groups -OCH3 is 2. The van der Waals surface area contributed by atoms with E-state index in [1.165, 1.54) is 13.2 Å². The molecule has 1 aliphatic carbocycles. The van der Waals surface area contributed by atoms with Crippen LogP contribution < -0.4 is 16.0 Å². The number of nitriles is 1. The van der Waals surface area contributed by atoms with Crippen molar-refractivity contribution in [3.63, 3.8) is 0 Å². The number of aromatic nitrogens is 1. The quantitative estimate of drug-likeness (QED) is 0.302. The number of carbonyl (C=O) groups is 3. The summed E-state index contributed by atoms with van der Waals surface area (Å²) in [6.07, 6.45) is 4.44. The Bertz CT molecular complexity index is 1390. The van der Waals surface area contributed by atoms with Gasteiger partial charge in [-0.3, -0.25) is 4.98 Å². The van der Waals surface area contributed by atoms with Gasteiger partial charge >= 0.3 is 18.0 Å². The number of imide groups is 1. The minimum Gasteiger partial charge on any atom is -0.466 e. The molecule has 13 heteroatoms. The molecule has 11 nitrogen and oxygen atoms in total. The van der Waals surface area contributed by atoms with E-state index in [1.54, 1.807) is 6.20 Å². The zero-order valence-corrected chi connectivity index (χ0v) is 23.3. The lowest BCUT2D eigenvalue weighted by molar-refractivity contribution is -0.137. The number of hydrogen-bond acceptors (Lipinski definition) is 8. The van der Waals surface area contributed by atoms with Crippen LogP contribution in [0.1, 0.15) is 43.0 Å². The van der Waals surface area contributed by atoms with E-state index in [9.17, 15) is 28.4 Å². The predicted molar refractivity (Wildman–Crippen MR) is 146 cm³/mol. The van der Waals surface area contributed by atoms with Gasteiger partial charge in [-0.15, -0.1) is 0 Å². The van der Waals surface area contributed by atoms with Gasteiger partial charge in [-0.25, -0.2) is 28.1 Å². The van der Waals surface area contributed by atoms with Crippen molar-refractivity contribution in [1.29, 1.82) is 5.26 Å². The molecule has 0 saturated heterocycles. The lowest BCUT2D eigenvalue weighted by Crippen LogP contribution is -2.55. The summed E-state index contributed by atoms with van der Waals surface area (Å²) < 4.78 is 37.9. The summed E-state index contributed by atoms with van der Waals surface area (Å²) in [4.78, 5) is 44.3. The van der Waals surface area contributed by atoms with E-state index in [4.69, 9.17) is 9.47 Å². The van der Waals surface area contributed by atoms with Crippen LogP contribution in [-0.4, -0.2) is 67.9 Å². The van der Waals surface area contributed by atoms with Crippen LogP contribution in [0.5, 0.6) is 0 Å². The topological polar surface area (TPSA) is 146 Å². The summed E-state index contributed by atoms with van der Waals surface area (Å²) in [5.41, 5.74) is 0.00161. The minimum atomic E-state index is -1.41. The summed E-state index contributed by atoms with van der Waals surface area (Å²) in [5.74, 6) is -3.22. The lowest BCUT2D eigenvalue weighted by atomic mass is 9.71. The van der Waals surface area contributed by atoms with Gasteiger partial charge in [0.15, 0.2) is 11.6 Å². The van der Waals surface area contributed by atoms with Crippen molar-refractivity contribution in [1.82, 2.24) is 25.8 Å². The Hall–Kier alpha value is -4.41. The Morgan fingerprint density at radius 2 is 1.93 bits per heavy atom. The van der Waals surface area contributed by atoms with Crippen LogP contribution in [0.25, 0.3) is 0 Å². The third kappa shape index (κ3) is 6.40. The number of hydrogen-bond donors (Lipinski definition) is 3. The Morgan fingerprint density at radius 3 is 2.55 bits per heavy atom. The number of amides is 4. The van der Waals surface area contributed by atoms with Gasteiger partial charge in [0, 0.05) is 32.4 Å². The Kier molecular flexibility index (Phi) is 9.82. The summed E-state index contributed by atoms with van der Waals surface area (Å²) in [6, 6.07) is 7.82. The number of halogens is 2. The van der Waals surface area contributed by atoms with Crippen molar-refractivity contribution in [3.8, 4) is 6.07 Å². The maximum absolute atomic E-state index is 14.2. The summed E-state index contributed by atoms with van der Waals surface area (Å²) >= 11 is 0. The fraction of sp³-hybridized carbons (Fsp3) is 0.414. The number of urea groups is 2. The average molecular weight is 583 g/mol. The zero-order valence-electron chi connectivity index (χ0n) is 23.3. The fourth-order valence-corrected chi connectivity index (χ4v) is 5.40. The van der Waals surface area contributed by atoms with Gasteiger partial charge in [-0.1, -0.05) is 12.1 Å². The molecule has 0 radical (unpaired) electrons. The molecule has 1 aromatic heterocycles. The van der Waals surface area contributed by atoms with Crippen LogP contribution in [0.4, 0.5) is 18.4 Å². The third-order valence-corrected chi connectivity index (χ3v) is 7.55. The molecule has 1 unspecified atom stereocenters. The van der Waals surface area contributed by atoms with Crippen molar-refractivity contribution in [2.24, 2.45) is 0 Å². The van der Waals surface area contributed by atoms with E-state index >= 15 is 0 Å². The van der Waals surface area contributed by atoms with E-state index in [0.717, 1.165) is 42.7 Å². The monoisotopic (exact) mass is 582 g/mol. The standard InChI is InChI=1S/C29H32F2N6O5/c1-41-16-22-24(26(38)42-2)25(18-6-7-20(30)21(31)15-18)37(28(40)36-22)27(39)35-14-13-33-19-8-10-29(17-32,11-9-19)23-5-3-4-12-34-23/h3-7,12,15,19,25,33H,8-11,13-14,16H2,1-2H3,(H,35,39)(H,36,40). The van der Waals surface area contributed by atoms with Gasteiger partial charge in [0.25, 0.3) is 0 Å². The number of nitrogens with zero attached hydrogens (tertiary/aromatic N) is 3. The summed E-state index contributed by atoms with van der Waals surface area (Å²) in [7, 11) is 2.47. The van der Waals surface area contributed by atoms with Crippen molar-refractivity contribution < 1.29 is 32.6 Å². The number of rotatable bonds is 9. The van der Waals surface area contributed by atoms with E-state index in [1.807, 2.05) is 18.2 Å². The first kappa shape index (κ1) is 30.5. The Morgan fingerprint density at radius 1 is 1.17 bits per heavy atom. The highest BCUT2D eigenvalue weighted by molar-refractivity contribution is 6.01. The molecular formula is C29H32F2N6O5. The smallest absolute Gasteiger partial charge is 0.338 e. The number of esters is 1. The van der Waals surface area contributed by atoms with Crippen LogP contribution in [0.2, 0.25) is 0 Å². The second-order valence-electron chi connectivity index (χ2n) is 10.1. The average Bonchev–Trinajstić information content (AvgIpc) is 3.01. The normalized spacial score (nSPS) is 22.3. The van der Waals surface area contributed by atoms with Crippen LogP contribution >= 0.6 is 0 Å². The number of ether oxygens (including phenoxy) is 2. The molecule has 1 aliphatic heterocycles. The molecule has 0 spiro atoms. The fourth-order valence-electron chi connectivity index (χ4n) is 5.40. The highest BCUT2D eigenvalue weighted by Crippen LogP contribution is 2.38. The number of nitrogens with one attached hydrogen (secondary N) is 3. The first-order valence-electron chi connectivity index (χ1n) is 13.4. The molecule has 4 rings (SSSR count). The number of carbonyl (C=O) groups excluding carboxylic acids is 3. The second-order valence-corrected chi connectivity index (χ2v) is 10.1. The molecule has 2 aromatic rings. The van der Waals surface area contributed by atoms with Gasteiger partial charge in [0.05, 0.1) is 42.2 Å². The molecule has 2 aliphatic rings. The van der Waals surface area contributed by atoms with Gasteiger partial charge in [-0.2, -0.15) is 5.26 Å². The van der Waals surface area contributed by atoms with Crippen molar-refractivity contribution in [3.05, 3.63) is 76.8 Å². The van der Waals surface area contributed by atoms with Gasteiger partial charge in [0.2, 0.25) is 0 Å². The first-order chi connectivity index (χ1) is 20.2. The molecule has 4 amide bonds. The lowest BCUT2D eigenvalue weighted by Gasteiger charge is -2.37. The van der Waals surface area contributed by atoms with Gasteiger partial charge in [-0.05, 0) is 55.5 Å². The maximum atomic E-state index is 14.2. The molecule has 1 aromatic carbocycles. The summed E-state index contributed by atoms with van der Waals surface area (Å²) in [6.45, 7) is 0.277. The van der Waals surface area contributed by atoms with Gasteiger partial charge in [0.1, 0.15) is 6.04 Å². The molecule has 222 valence electrons. The molecule has 42 heavy (non-hydrogen) atoms. The molecule has 1 atom stereocenters.